The zero-order valence-corrected chi connectivity index (χ0v) is 11.0. The second-order valence-corrected chi connectivity index (χ2v) is 6.31. The van der Waals surface area contributed by atoms with Gasteiger partial charge in [-0.25, -0.2) is 8.42 Å². The van der Waals surface area contributed by atoms with Crippen LogP contribution in [-0.2, 0) is 9.84 Å². The smallest absolute Gasteiger partial charge is 0.200 e. The molecule has 86 valence electrons. The average molecular weight is 302 g/mol. The van der Waals surface area contributed by atoms with Gasteiger partial charge in [-0.1, -0.05) is 22.0 Å². The van der Waals surface area contributed by atoms with Gasteiger partial charge in [0, 0.05) is 15.4 Å². The van der Waals surface area contributed by atoms with Gasteiger partial charge in [-0.2, -0.15) is 0 Å². The normalized spacial score (nSPS) is 17.0. The number of allylic oxidation sites excluding steroid dienone is 1. The Kier molecular flexibility index (Phi) is 3.19. The highest BCUT2D eigenvalue weighted by Crippen LogP contribution is 2.39. The molecule has 2 N–H and O–H groups in total. The largest absolute Gasteiger partial charge is 0.330 e. The minimum absolute atomic E-state index is 0.397. The molecule has 1 heterocycles. The minimum Gasteiger partial charge on any atom is -0.330 e. The summed E-state index contributed by atoms with van der Waals surface area (Å²) in [5.74, 6) is 0. The summed E-state index contributed by atoms with van der Waals surface area (Å²) in [6.45, 7) is 0.567. The Labute approximate surface area is 103 Å². The van der Waals surface area contributed by atoms with Crippen molar-refractivity contribution in [3.8, 4) is 0 Å². The highest BCUT2D eigenvalue weighted by molar-refractivity contribution is 9.10. The van der Waals surface area contributed by atoms with Crippen LogP contribution >= 0.6 is 15.9 Å². The van der Waals surface area contributed by atoms with Crippen molar-refractivity contribution in [2.75, 3.05) is 6.54 Å². The molecule has 1 aromatic rings. The quantitative estimate of drug-likeness (QED) is 0.932. The number of fused-ring (bicyclic) bond motifs is 1. The fraction of sp³-hybridized carbons (Fsp3) is 0.273. The van der Waals surface area contributed by atoms with Gasteiger partial charge in [0.2, 0.25) is 9.84 Å². The Morgan fingerprint density at radius 2 is 2.06 bits per heavy atom. The molecule has 0 aromatic heterocycles. The van der Waals surface area contributed by atoms with E-state index in [-0.39, 0.29) is 0 Å². The van der Waals surface area contributed by atoms with E-state index in [0.29, 0.717) is 17.9 Å². The van der Waals surface area contributed by atoms with E-state index >= 15 is 0 Å². The first kappa shape index (κ1) is 11.8. The number of rotatable bonds is 3. The summed E-state index contributed by atoms with van der Waals surface area (Å²) in [6, 6.07) is 5.23. The molecule has 0 unspecified atom stereocenters. The van der Waals surface area contributed by atoms with Gasteiger partial charge in [0.05, 0.1) is 4.90 Å². The second kappa shape index (κ2) is 4.31. The molecule has 0 atom stereocenters. The summed E-state index contributed by atoms with van der Waals surface area (Å²) >= 11 is 3.39. The molecule has 2 rings (SSSR count). The molecule has 16 heavy (non-hydrogen) atoms. The third kappa shape index (κ3) is 1.95. The third-order valence-electron chi connectivity index (χ3n) is 2.55. The van der Waals surface area contributed by atoms with Gasteiger partial charge in [0.1, 0.15) is 0 Å². The molecule has 0 radical (unpaired) electrons. The van der Waals surface area contributed by atoms with Crippen molar-refractivity contribution in [3.63, 3.8) is 0 Å². The van der Waals surface area contributed by atoms with Crippen molar-refractivity contribution in [1.29, 1.82) is 0 Å². The van der Waals surface area contributed by atoms with E-state index in [2.05, 4.69) is 15.9 Å². The fourth-order valence-corrected chi connectivity index (χ4v) is 4.12. The van der Waals surface area contributed by atoms with Gasteiger partial charge < -0.3 is 5.73 Å². The molecule has 1 aromatic carbocycles. The van der Waals surface area contributed by atoms with Crippen molar-refractivity contribution in [2.24, 2.45) is 5.73 Å². The van der Waals surface area contributed by atoms with Crippen LogP contribution in [0.3, 0.4) is 0 Å². The third-order valence-corrected chi connectivity index (χ3v) is 4.76. The standard InChI is InChI=1S/C11H12BrNO2S/c12-9-4-1-5-10-11(9)8(3-2-6-13)7-16(10,14)15/h1,4-5,7H,2-3,6,13H2. The van der Waals surface area contributed by atoms with Gasteiger partial charge in [0.15, 0.2) is 0 Å². The van der Waals surface area contributed by atoms with Gasteiger partial charge in [-0.3, -0.25) is 0 Å². The molecule has 5 heteroatoms. The van der Waals surface area contributed by atoms with Crippen molar-refractivity contribution in [3.05, 3.63) is 33.6 Å². The van der Waals surface area contributed by atoms with Crippen LogP contribution in [0.2, 0.25) is 0 Å². The van der Waals surface area contributed by atoms with Crippen LogP contribution in [0.4, 0.5) is 0 Å². The predicted octanol–water partition coefficient (Wildman–Crippen LogP) is 2.32. The molecule has 0 aliphatic carbocycles. The first-order valence-corrected chi connectivity index (χ1v) is 7.35. The Balaban J connectivity index is 2.53. The lowest BCUT2D eigenvalue weighted by Crippen LogP contribution is -1.98. The lowest BCUT2D eigenvalue weighted by molar-refractivity contribution is 0.605. The Hall–Kier alpha value is -0.650. The maximum absolute atomic E-state index is 11.9. The Morgan fingerprint density at radius 3 is 2.75 bits per heavy atom. The highest BCUT2D eigenvalue weighted by atomic mass is 79.9. The summed E-state index contributed by atoms with van der Waals surface area (Å²) < 4.78 is 24.5. The summed E-state index contributed by atoms with van der Waals surface area (Å²) in [5, 5.41) is 1.36. The van der Waals surface area contributed by atoms with Crippen LogP contribution in [0, 0.1) is 0 Å². The summed E-state index contributed by atoms with van der Waals surface area (Å²) in [5.41, 5.74) is 7.10. The van der Waals surface area contributed by atoms with E-state index in [1.54, 1.807) is 12.1 Å². The van der Waals surface area contributed by atoms with E-state index in [1.165, 1.54) is 5.41 Å². The molecule has 0 spiro atoms. The number of hydrogen-bond donors (Lipinski definition) is 1. The SMILES string of the molecule is NCCCC1=CS(=O)(=O)c2cccc(Br)c21. The summed E-state index contributed by atoms with van der Waals surface area (Å²) in [4.78, 5) is 0.397. The van der Waals surface area contributed by atoms with Crippen molar-refractivity contribution < 1.29 is 8.42 Å². The summed E-state index contributed by atoms with van der Waals surface area (Å²) in [6.07, 6.45) is 1.49. The van der Waals surface area contributed by atoms with Crippen LogP contribution in [-0.4, -0.2) is 15.0 Å². The molecular formula is C11H12BrNO2S. The molecule has 0 bridgehead atoms. The molecule has 1 aliphatic heterocycles. The van der Waals surface area contributed by atoms with Crippen LogP contribution in [0.1, 0.15) is 18.4 Å². The highest BCUT2D eigenvalue weighted by Gasteiger charge is 2.27. The van der Waals surface area contributed by atoms with Crippen LogP contribution in [0.5, 0.6) is 0 Å². The van der Waals surface area contributed by atoms with E-state index in [9.17, 15) is 8.42 Å². The monoisotopic (exact) mass is 301 g/mol. The maximum atomic E-state index is 11.9. The fourth-order valence-electron chi connectivity index (χ4n) is 1.84. The van der Waals surface area contributed by atoms with Crippen LogP contribution < -0.4 is 5.73 Å². The molecular weight excluding hydrogens is 290 g/mol. The maximum Gasteiger partial charge on any atom is 0.200 e. The van der Waals surface area contributed by atoms with Crippen molar-refractivity contribution >= 4 is 31.3 Å². The molecule has 0 saturated carbocycles. The number of nitrogens with two attached hydrogens (primary N) is 1. The van der Waals surface area contributed by atoms with Gasteiger partial charge in [-0.15, -0.1) is 0 Å². The van der Waals surface area contributed by atoms with E-state index < -0.39 is 9.84 Å². The zero-order chi connectivity index (χ0) is 11.8. The Morgan fingerprint density at radius 1 is 1.31 bits per heavy atom. The van der Waals surface area contributed by atoms with E-state index in [1.807, 2.05) is 6.07 Å². The number of hydrogen-bond acceptors (Lipinski definition) is 3. The number of sulfone groups is 1. The predicted molar refractivity (Wildman–Crippen MR) is 67.6 cm³/mol. The number of benzene rings is 1. The van der Waals surface area contributed by atoms with Crippen molar-refractivity contribution in [2.45, 2.75) is 17.7 Å². The molecule has 3 nitrogen and oxygen atoms in total. The first-order valence-electron chi connectivity index (χ1n) is 5.01. The first-order chi connectivity index (χ1) is 7.56. The molecule has 0 fully saturated rings. The van der Waals surface area contributed by atoms with E-state index in [0.717, 1.165) is 22.0 Å². The summed E-state index contributed by atoms with van der Waals surface area (Å²) in [7, 11) is -3.24. The lowest BCUT2D eigenvalue weighted by Gasteiger charge is -2.05. The topological polar surface area (TPSA) is 60.2 Å². The van der Waals surface area contributed by atoms with Gasteiger partial charge in [-0.05, 0) is 37.1 Å². The van der Waals surface area contributed by atoms with Crippen LogP contribution in [0.15, 0.2) is 33.0 Å². The Bertz CT molecular complexity index is 549. The van der Waals surface area contributed by atoms with Gasteiger partial charge >= 0.3 is 0 Å². The molecule has 1 aliphatic rings. The molecule has 0 amide bonds. The van der Waals surface area contributed by atoms with Crippen LogP contribution in [0.25, 0.3) is 5.57 Å². The zero-order valence-electron chi connectivity index (χ0n) is 8.61. The molecule has 0 saturated heterocycles. The lowest BCUT2D eigenvalue weighted by atomic mass is 10.0. The van der Waals surface area contributed by atoms with Gasteiger partial charge in [0.25, 0.3) is 0 Å². The number of halogens is 1. The second-order valence-electron chi connectivity index (χ2n) is 3.69. The minimum atomic E-state index is -3.24. The van der Waals surface area contributed by atoms with E-state index in [4.69, 9.17) is 5.73 Å². The average Bonchev–Trinajstić information content (AvgIpc) is 2.49. The van der Waals surface area contributed by atoms with Crippen molar-refractivity contribution in [1.82, 2.24) is 0 Å².